The largest absolute Gasteiger partial charge is 0.507 e. The molecular formula is C25H20N2O3. The smallest absolute Gasteiger partial charge is 0.255 e. The normalized spacial score (nSPS) is 11.3. The number of hydrogen-bond donors (Lipinski definition) is 3. The lowest BCUT2D eigenvalue weighted by Crippen LogP contribution is -2.12. The van der Waals surface area contributed by atoms with Gasteiger partial charge < -0.3 is 20.1 Å². The van der Waals surface area contributed by atoms with E-state index in [4.69, 9.17) is 4.74 Å². The van der Waals surface area contributed by atoms with Gasteiger partial charge in [-0.3, -0.25) is 4.79 Å². The molecule has 0 spiro atoms. The number of fused-ring (bicyclic) bond motifs is 5. The first kappa shape index (κ1) is 18.1. The first-order chi connectivity index (χ1) is 14.5. The third-order valence-corrected chi connectivity index (χ3v) is 5.54. The molecule has 0 aliphatic heterocycles. The van der Waals surface area contributed by atoms with Crippen LogP contribution in [0.2, 0.25) is 0 Å². The van der Waals surface area contributed by atoms with E-state index in [1.807, 2.05) is 55.5 Å². The summed E-state index contributed by atoms with van der Waals surface area (Å²) in [7, 11) is 1.61. The average molecular weight is 396 g/mol. The molecule has 1 aromatic heterocycles. The zero-order valence-corrected chi connectivity index (χ0v) is 16.6. The molecule has 0 saturated carbocycles. The van der Waals surface area contributed by atoms with Gasteiger partial charge in [0.25, 0.3) is 5.91 Å². The van der Waals surface area contributed by atoms with Crippen molar-refractivity contribution in [2.45, 2.75) is 6.92 Å². The second-order valence-electron chi connectivity index (χ2n) is 7.38. The molecule has 0 bridgehead atoms. The Morgan fingerprint density at radius 2 is 1.77 bits per heavy atom. The van der Waals surface area contributed by atoms with Crippen molar-refractivity contribution < 1.29 is 14.6 Å². The summed E-state index contributed by atoms with van der Waals surface area (Å²) in [5, 5.41) is 17.1. The van der Waals surface area contributed by atoms with Gasteiger partial charge in [0.1, 0.15) is 11.5 Å². The molecule has 5 heteroatoms. The summed E-state index contributed by atoms with van der Waals surface area (Å²) in [6, 6.07) is 20.6. The Morgan fingerprint density at radius 3 is 2.57 bits per heavy atom. The molecule has 0 aliphatic carbocycles. The Bertz CT molecular complexity index is 1450. The van der Waals surface area contributed by atoms with Gasteiger partial charge in [0, 0.05) is 38.3 Å². The molecule has 148 valence electrons. The number of rotatable bonds is 3. The number of phenols is 1. The molecule has 5 aromatic rings. The number of aromatic amines is 1. The molecule has 30 heavy (non-hydrogen) atoms. The Morgan fingerprint density at radius 1 is 0.933 bits per heavy atom. The van der Waals surface area contributed by atoms with Crippen molar-refractivity contribution in [2.75, 3.05) is 12.4 Å². The fourth-order valence-electron chi connectivity index (χ4n) is 3.95. The number of carbonyl (C=O) groups is 1. The van der Waals surface area contributed by atoms with Crippen LogP contribution in [-0.4, -0.2) is 23.1 Å². The number of nitrogens with one attached hydrogen (secondary N) is 2. The van der Waals surface area contributed by atoms with E-state index in [2.05, 4.69) is 10.3 Å². The van der Waals surface area contributed by atoms with Gasteiger partial charge in [-0.2, -0.15) is 0 Å². The molecule has 0 fully saturated rings. The number of phenolic OH excluding ortho intramolecular Hbond substituents is 1. The van der Waals surface area contributed by atoms with Gasteiger partial charge in [-0.05, 0) is 55.0 Å². The van der Waals surface area contributed by atoms with Crippen LogP contribution in [0.3, 0.4) is 0 Å². The molecule has 4 aromatic carbocycles. The summed E-state index contributed by atoms with van der Waals surface area (Å²) in [6.45, 7) is 1.91. The zero-order chi connectivity index (χ0) is 20.8. The number of aromatic hydroxyl groups is 1. The maximum atomic E-state index is 12.8. The second-order valence-corrected chi connectivity index (χ2v) is 7.38. The number of ether oxygens (including phenoxy) is 1. The predicted octanol–water partition coefficient (Wildman–Crippen LogP) is 5.75. The Balaban J connectivity index is 1.57. The number of amides is 1. The molecule has 1 heterocycles. The third-order valence-electron chi connectivity index (χ3n) is 5.54. The van der Waals surface area contributed by atoms with Gasteiger partial charge in [0.05, 0.1) is 12.6 Å². The van der Waals surface area contributed by atoms with E-state index in [1.54, 1.807) is 25.3 Å². The first-order valence-corrected chi connectivity index (χ1v) is 9.67. The van der Waals surface area contributed by atoms with E-state index >= 15 is 0 Å². The predicted molar refractivity (Wildman–Crippen MR) is 121 cm³/mol. The van der Waals surface area contributed by atoms with Crippen LogP contribution in [0.4, 0.5) is 5.69 Å². The third kappa shape index (κ3) is 2.83. The quantitative estimate of drug-likeness (QED) is 0.363. The van der Waals surface area contributed by atoms with Crippen LogP contribution in [0.15, 0.2) is 66.7 Å². The lowest BCUT2D eigenvalue weighted by Gasteiger charge is -2.11. The van der Waals surface area contributed by atoms with Gasteiger partial charge in [0.2, 0.25) is 0 Å². The molecule has 5 rings (SSSR count). The van der Waals surface area contributed by atoms with Gasteiger partial charge in [0.15, 0.2) is 0 Å². The minimum Gasteiger partial charge on any atom is -0.507 e. The van der Waals surface area contributed by atoms with E-state index in [-0.39, 0.29) is 11.7 Å². The number of carbonyl (C=O) groups excluding carboxylic acids is 1. The Kier molecular flexibility index (Phi) is 4.10. The standard InChI is InChI=1S/C25H20N2O3/c1-14-11-16(30-2)8-10-21(14)27-25(29)15-7-9-18-19(12-15)23(28)13-20-17-5-3-4-6-22(17)26-24(18)20/h3-13,26,28H,1-2H3,(H,27,29). The van der Waals surface area contributed by atoms with Crippen LogP contribution >= 0.6 is 0 Å². The number of hydrogen-bond acceptors (Lipinski definition) is 3. The minimum atomic E-state index is -0.235. The van der Waals surface area contributed by atoms with Gasteiger partial charge in [-0.1, -0.05) is 24.3 Å². The summed E-state index contributed by atoms with van der Waals surface area (Å²) in [5.74, 6) is 0.655. The van der Waals surface area contributed by atoms with Crippen LogP contribution in [0.1, 0.15) is 15.9 Å². The monoisotopic (exact) mass is 396 g/mol. The summed E-state index contributed by atoms with van der Waals surface area (Å²) >= 11 is 0. The van der Waals surface area contributed by atoms with Crippen molar-refractivity contribution in [1.29, 1.82) is 0 Å². The van der Waals surface area contributed by atoms with E-state index in [0.717, 1.165) is 44.2 Å². The van der Waals surface area contributed by atoms with Gasteiger partial charge in [-0.25, -0.2) is 0 Å². The molecule has 0 aliphatic rings. The second kappa shape index (κ2) is 6.81. The summed E-state index contributed by atoms with van der Waals surface area (Å²) in [5.41, 5.74) is 4.06. The van der Waals surface area contributed by atoms with Crippen molar-refractivity contribution in [3.8, 4) is 11.5 Å². The van der Waals surface area contributed by atoms with Gasteiger partial charge in [-0.15, -0.1) is 0 Å². The highest BCUT2D eigenvalue weighted by atomic mass is 16.5. The molecule has 1 amide bonds. The summed E-state index contributed by atoms with van der Waals surface area (Å²) < 4.78 is 5.21. The maximum absolute atomic E-state index is 12.8. The highest BCUT2D eigenvalue weighted by Gasteiger charge is 2.14. The number of para-hydroxylation sites is 1. The Hall–Kier alpha value is -3.99. The van der Waals surface area contributed by atoms with Crippen molar-refractivity contribution in [3.05, 3.63) is 77.9 Å². The summed E-state index contributed by atoms with van der Waals surface area (Å²) in [6.07, 6.45) is 0. The number of H-pyrrole nitrogens is 1. The summed E-state index contributed by atoms with van der Waals surface area (Å²) in [4.78, 5) is 16.3. The Labute approximate surface area is 172 Å². The topological polar surface area (TPSA) is 74.3 Å². The molecule has 5 nitrogen and oxygen atoms in total. The van der Waals surface area contributed by atoms with Crippen LogP contribution < -0.4 is 10.1 Å². The fourth-order valence-corrected chi connectivity index (χ4v) is 3.95. The maximum Gasteiger partial charge on any atom is 0.255 e. The number of anilines is 1. The average Bonchev–Trinajstić information content (AvgIpc) is 3.13. The van der Waals surface area contributed by atoms with Crippen molar-refractivity contribution in [1.82, 2.24) is 4.98 Å². The van der Waals surface area contributed by atoms with Crippen LogP contribution in [0.5, 0.6) is 11.5 Å². The van der Waals surface area contributed by atoms with Crippen molar-refractivity contribution in [2.24, 2.45) is 0 Å². The highest BCUT2D eigenvalue weighted by Crippen LogP contribution is 2.37. The van der Waals surface area contributed by atoms with E-state index in [9.17, 15) is 9.90 Å². The van der Waals surface area contributed by atoms with E-state index in [1.165, 1.54) is 0 Å². The minimum absolute atomic E-state index is 0.150. The zero-order valence-electron chi connectivity index (χ0n) is 16.6. The molecule has 0 unspecified atom stereocenters. The molecular weight excluding hydrogens is 376 g/mol. The van der Waals surface area contributed by atoms with Crippen LogP contribution in [0, 0.1) is 6.92 Å². The number of methoxy groups -OCH3 is 1. The first-order valence-electron chi connectivity index (χ1n) is 9.67. The van der Waals surface area contributed by atoms with E-state index in [0.29, 0.717) is 10.9 Å². The number of aryl methyl sites for hydroxylation is 1. The SMILES string of the molecule is COc1ccc(NC(=O)c2ccc3c(c2)c(O)cc2c4ccccc4[nH]c32)c(C)c1. The number of aromatic nitrogens is 1. The molecule has 0 saturated heterocycles. The van der Waals surface area contributed by atoms with Crippen molar-refractivity contribution in [3.63, 3.8) is 0 Å². The van der Waals surface area contributed by atoms with E-state index < -0.39 is 0 Å². The highest BCUT2D eigenvalue weighted by molar-refractivity contribution is 6.19. The van der Waals surface area contributed by atoms with Crippen LogP contribution in [-0.2, 0) is 0 Å². The molecule has 0 radical (unpaired) electrons. The molecule has 0 atom stereocenters. The van der Waals surface area contributed by atoms with Crippen molar-refractivity contribution >= 4 is 44.2 Å². The number of benzene rings is 4. The lowest BCUT2D eigenvalue weighted by molar-refractivity contribution is 0.102. The fraction of sp³-hybridized carbons (Fsp3) is 0.0800. The lowest BCUT2D eigenvalue weighted by atomic mass is 10.0. The molecule has 3 N–H and O–H groups in total. The van der Waals surface area contributed by atoms with Gasteiger partial charge >= 0.3 is 0 Å². The van der Waals surface area contributed by atoms with Crippen LogP contribution in [0.25, 0.3) is 32.6 Å².